The zero-order valence-corrected chi connectivity index (χ0v) is 15.6. The molecule has 1 N–H and O–H groups in total. The Hall–Kier alpha value is -2.32. The van der Waals surface area contributed by atoms with Crippen molar-refractivity contribution in [2.45, 2.75) is 57.0 Å². The van der Waals surface area contributed by atoms with Gasteiger partial charge in [0.1, 0.15) is 11.7 Å². The maximum Gasteiger partial charge on any atom is 0.410 e. The quantitative estimate of drug-likeness (QED) is 0.484. The van der Waals surface area contributed by atoms with Crippen LogP contribution in [0.4, 0.5) is 4.79 Å². The number of carbonyl (C=O) groups excluding carboxylic acids is 1. The average molecular weight is 376 g/mol. The summed E-state index contributed by atoms with van der Waals surface area (Å²) in [5, 5.41) is 14.3. The number of hydrogen-bond acceptors (Lipinski definition) is 6. The van der Waals surface area contributed by atoms with Crippen LogP contribution < -0.4 is 0 Å². The number of carbonyl (C=O) groups is 1. The minimum Gasteiger partial charge on any atom is -0.444 e. The van der Waals surface area contributed by atoms with E-state index >= 15 is 0 Å². The van der Waals surface area contributed by atoms with Crippen LogP contribution >= 0.6 is 0 Å². The molecule has 0 aromatic heterocycles. The van der Waals surface area contributed by atoms with Crippen LogP contribution in [0.1, 0.15) is 32.6 Å². The summed E-state index contributed by atoms with van der Waals surface area (Å²) in [5.41, 5.74) is 8.94. The van der Waals surface area contributed by atoms with Gasteiger partial charge in [-0.3, -0.25) is 4.90 Å². The number of ether oxygens (including phenoxy) is 3. The van der Waals surface area contributed by atoms with Crippen LogP contribution in [-0.2, 0) is 14.2 Å². The number of aliphatic hydroxyl groups is 1. The summed E-state index contributed by atoms with van der Waals surface area (Å²) in [6, 6.07) is 7.95. The van der Waals surface area contributed by atoms with Crippen LogP contribution in [-0.4, -0.2) is 59.1 Å². The minimum atomic E-state index is -1.06. The van der Waals surface area contributed by atoms with Crippen molar-refractivity contribution < 1.29 is 24.1 Å². The van der Waals surface area contributed by atoms with Crippen molar-refractivity contribution in [1.29, 1.82) is 0 Å². The topological polar surface area (TPSA) is 117 Å². The highest BCUT2D eigenvalue weighted by Gasteiger charge is 2.49. The standard InChI is InChI=1S/C18H24N4O5/c1-18(2,3)27-17(24)22-9-12(20-21-19)14(23)15-13(22)10-25-16(26-15)11-7-5-4-6-8-11/h4-8,12-16,23H,9-10H2,1-3H3/t12?,13?,14?,15-,16?/m1/s1. The largest absolute Gasteiger partial charge is 0.444 e. The third-order valence-electron chi connectivity index (χ3n) is 4.49. The molecule has 2 heterocycles. The summed E-state index contributed by atoms with van der Waals surface area (Å²) < 4.78 is 17.2. The lowest BCUT2D eigenvalue weighted by Gasteiger charge is -2.49. The molecule has 1 aromatic rings. The van der Waals surface area contributed by atoms with Gasteiger partial charge in [-0.2, -0.15) is 0 Å². The van der Waals surface area contributed by atoms with Gasteiger partial charge in [0, 0.05) is 17.0 Å². The molecule has 9 heteroatoms. The summed E-state index contributed by atoms with van der Waals surface area (Å²) in [5.74, 6) is 0. The van der Waals surface area contributed by atoms with E-state index < -0.39 is 42.3 Å². The Balaban J connectivity index is 1.84. The molecule has 0 saturated carbocycles. The maximum absolute atomic E-state index is 12.7. The lowest BCUT2D eigenvalue weighted by molar-refractivity contribution is -0.273. The van der Waals surface area contributed by atoms with E-state index in [1.54, 1.807) is 20.8 Å². The summed E-state index contributed by atoms with van der Waals surface area (Å²) >= 11 is 0. The minimum absolute atomic E-state index is 0.0318. The van der Waals surface area contributed by atoms with Gasteiger partial charge in [-0.1, -0.05) is 35.4 Å². The van der Waals surface area contributed by atoms with Crippen molar-refractivity contribution in [3.8, 4) is 0 Å². The van der Waals surface area contributed by atoms with Gasteiger partial charge in [-0.15, -0.1) is 0 Å². The molecule has 5 atom stereocenters. The van der Waals surface area contributed by atoms with Gasteiger partial charge in [-0.05, 0) is 26.3 Å². The van der Waals surface area contributed by atoms with Gasteiger partial charge in [0.2, 0.25) is 0 Å². The molecule has 1 aromatic carbocycles. The van der Waals surface area contributed by atoms with Crippen molar-refractivity contribution in [1.82, 2.24) is 4.90 Å². The molecule has 2 saturated heterocycles. The first-order valence-corrected chi connectivity index (χ1v) is 8.84. The highest BCUT2D eigenvalue weighted by Crippen LogP contribution is 2.34. The first kappa shape index (κ1) is 19.4. The van der Waals surface area contributed by atoms with Gasteiger partial charge in [0.25, 0.3) is 0 Å². The SMILES string of the molecule is CC(C)(C)OC(=O)N1CC(N=[N+]=[N-])C(O)[C@@H]2OC(c3ccccc3)OCC21. The van der Waals surface area contributed by atoms with E-state index in [2.05, 4.69) is 10.0 Å². The fourth-order valence-electron chi connectivity index (χ4n) is 3.28. The van der Waals surface area contributed by atoms with E-state index in [0.29, 0.717) is 0 Å². The van der Waals surface area contributed by atoms with E-state index in [9.17, 15) is 9.90 Å². The van der Waals surface area contributed by atoms with Crippen LogP contribution in [0.25, 0.3) is 10.4 Å². The average Bonchev–Trinajstić information content (AvgIpc) is 2.63. The Labute approximate surface area is 157 Å². The number of fused-ring (bicyclic) bond motifs is 1. The lowest BCUT2D eigenvalue weighted by Crippen LogP contribution is -2.66. The molecule has 146 valence electrons. The molecule has 3 rings (SSSR count). The summed E-state index contributed by atoms with van der Waals surface area (Å²) in [6.07, 6.45) is -3.05. The third kappa shape index (κ3) is 4.33. The van der Waals surface area contributed by atoms with E-state index in [-0.39, 0.29) is 13.2 Å². The van der Waals surface area contributed by atoms with Crippen LogP contribution in [0.15, 0.2) is 35.4 Å². The molecule has 27 heavy (non-hydrogen) atoms. The molecule has 0 bridgehead atoms. The van der Waals surface area contributed by atoms with Crippen LogP contribution in [0.2, 0.25) is 0 Å². The zero-order valence-electron chi connectivity index (χ0n) is 15.6. The lowest BCUT2D eigenvalue weighted by atomic mass is 9.92. The predicted molar refractivity (Wildman–Crippen MR) is 95.7 cm³/mol. The summed E-state index contributed by atoms with van der Waals surface area (Å²) in [6.45, 7) is 5.51. The van der Waals surface area contributed by atoms with Crippen molar-refractivity contribution in [2.75, 3.05) is 13.2 Å². The van der Waals surface area contributed by atoms with E-state index in [0.717, 1.165) is 5.56 Å². The number of aliphatic hydroxyl groups excluding tert-OH is 1. The fraction of sp³-hybridized carbons (Fsp3) is 0.611. The highest BCUT2D eigenvalue weighted by atomic mass is 16.7. The van der Waals surface area contributed by atoms with Crippen LogP contribution in [0, 0.1) is 0 Å². The van der Waals surface area contributed by atoms with Gasteiger partial charge in [0.15, 0.2) is 6.29 Å². The van der Waals surface area contributed by atoms with Crippen molar-refractivity contribution in [2.24, 2.45) is 5.11 Å². The number of hydrogen-bond donors (Lipinski definition) is 1. The van der Waals surface area contributed by atoms with Crippen LogP contribution in [0.3, 0.4) is 0 Å². The van der Waals surface area contributed by atoms with E-state index in [1.165, 1.54) is 4.90 Å². The molecule has 0 spiro atoms. The molecule has 0 radical (unpaired) electrons. The second-order valence-corrected chi connectivity index (χ2v) is 7.64. The van der Waals surface area contributed by atoms with Gasteiger partial charge >= 0.3 is 6.09 Å². The number of nitrogens with zero attached hydrogens (tertiary/aromatic N) is 4. The molecule has 1 amide bonds. The summed E-state index contributed by atoms with van der Waals surface area (Å²) in [4.78, 5) is 16.9. The summed E-state index contributed by atoms with van der Waals surface area (Å²) in [7, 11) is 0. The maximum atomic E-state index is 12.7. The monoisotopic (exact) mass is 376 g/mol. The first-order valence-electron chi connectivity index (χ1n) is 8.84. The van der Waals surface area contributed by atoms with Crippen LogP contribution in [0.5, 0.6) is 0 Å². The van der Waals surface area contributed by atoms with E-state index in [1.807, 2.05) is 30.3 Å². The van der Waals surface area contributed by atoms with E-state index in [4.69, 9.17) is 19.7 Å². The van der Waals surface area contributed by atoms with Gasteiger partial charge in [0.05, 0.1) is 24.8 Å². The predicted octanol–water partition coefficient (Wildman–Crippen LogP) is 2.76. The molecule has 2 aliphatic rings. The Morgan fingerprint density at radius 2 is 2.07 bits per heavy atom. The molecule has 0 aliphatic carbocycles. The highest BCUT2D eigenvalue weighted by molar-refractivity contribution is 5.69. The Bertz CT molecular complexity index is 716. The number of likely N-dealkylation sites (tertiary alicyclic amines) is 1. The molecule has 9 nitrogen and oxygen atoms in total. The Kier molecular flexibility index (Phi) is 5.57. The smallest absolute Gasteiger partial charge is 0.410 e. The Morgan fingerprint density at radius 3 is 2.70 bits per heavy atom. The molecule has 2 fully saturated rings. The number of benzene rings is 1. The van der Waals surface area contributed by atoms with Gasteiger partial charge in [-0.25, -0.2) is 4.79 Å². The van der Waals surface area contributed by atoms with Crippen molar-refractivity contribution >= 4 is 6.09 Å². The molecule has 4 unspecified atom stereocenters. The number of rotatable bonds is 2. The Morgan fingerprint density at radius 1 is 1.37 bits per heavy atom. The van der Waals surface area contributed by atoms with Crippen molar-refractivity contribution in [3.63, 3.8) is 0 Å². The molecular weight excluding hydrogens is 352 g/mol. The zero-order chi connectivity index (χ0) is 19.6. The molecule has 2 aliphatic heterocycles. The third-order valence-corrected chi connectivity index (χ3v) is 4.49. The normalized spacial score (nSPS) is 30.8. The second-order valence-electron chi connectivity index (χ2n) is 7.64. The number of azide groups is 1. The number of piperidine rings is 1. The fourth-order valence-corrected chi connectivity index (χ4v) is 3.28. The second kappa shape index (κ2) is 7.74. The van der Waals surface area contributed by atoms with Gasteiger partial charge < -0.3 is 19.3 Å². The number of amides is 1. The first-order chi connectivity index (χ1) is 12.8. The molecular formula is C18H24N4O5. The van der Waals surface area contributed by atoms with Crippen molar-refractivity contribution in [3.05, 3.63) is 46.3 Å².